The lowest BCUT2D eigenvalue weighted by Crippen LogP contribution is -2.09. The van der Waals surface area contributed by atoms with Gasteiger partial charge in [-0.1, -0.05) is 0 Å². The maximum absolute atomic E-state index is 13.3. The number of nitrogens with one attached hydrogen (secondary N) is 1. The summed E-state index contributed by atoms with van der Waals surface area (Å²) in [5, 5.41) is 5.40. The molecular weight excluding hydrogens is 287 g/mol. The van der Waals surface area contributed by atoms with Gasteiger partial charge < -0.3 is 5.32 Å². The summed E-state index contributed by atoms with van der Waals surface area (Å²) in [5.41, 5.74) is 2.90. The van der Waals surface area contributed by atoms with Crippen LogP contribution in [0.4, 0.5) is 10.2 Å². The average Bonchev–Trinajstić information content (AvgIpc) is 2.80. The van der Waals surface area contributed by atoms with Gasteiger partial charge in [-0.2, -0.15) is 0 Å². The Hall–Kier alpha value is -2.08. The van der Waals surface area contributed by atoms with Crippen LogP contribution < -0.4 is 5.32 Å². The lowest BCUT2D eigenvalue weighted by atomic mass is 10.1. The Morgan fingerprint density at radius 3 is 2.81 bits per heavy atom. The van der Waals surface area contributed by atoms with Gasteiger partial charge in [-0.05, 0) is 43.3 Å². The molecule has 0 amide bonds. The third-order valence-corrected chi connectivity index (χ3v) is 4.38. The van der Waals surface area contributed by atoms with E-state index < -0.39 is 0 Å². The predicted molar refractivity (Wildman–Crippen MR) is 83.1 cm³/mol. The average molecular weight is 302 g/mol. The van der Waals surface area contributed by atoms with Crippen molar-refractivity contribution >= 4 is 27.4 Å². The molecule has 0 unspecified atom stereocenters. The molecule has 4 nitrogen and oxygen atoms in total. The number of rotatable bonds is 3. The molecule has 3 rings (SSSR count). The molecule has 3 aromatic heterocycles. The molecule has 0 saturated heterocycles. The fourth-order valence-electron chi connectivity index (χ4n) is 2.20. The molecule has 0 fully saturated rings. The summed E-state index contributed by atoms with van der Waals surface area (Å²) in [6, 6.07) is 1.39. The summed E-state index contributed by atoms with van der Waals surface area (Å²) in [4.78, 5) is 12.8. The molecule has 0 bridgehead atoms. The topological polar surface area (TPSA) is 50.7 Å². The molecule has 21 heavy (non-hydrogen) atoms. The second kappa shape index (κ2) is 5.37. The zero-order valence-corrected chi connectivity index (χ0v) is 12.8. The van der Waals surface area contributed by atoms with Crippen LogP contribution >= 0.6 is 11.3 Å². The SMILES string of the molecule is Cc1nc(N[C@H](C)c2cncc(F)c2)c2scc(C)c2n1. The Kier molecular flexibility index (Phi) is 3.55. The molecule has 0 aliphatic heterocycles. The van der Waals surface area contributed by atoms with Crippen LogP contribution in [-0.4, -0.2) is 15.0 Å². The van der Waals surface area contributed by atoms with Crippen molar-refractivity contribution < 1.29 is 4.39 Å². The van der Waals surface area contributed by atoms with E-state index in [0.717, 1.165) is 33.0 Å². The highest BCUT2D eigenvalue weighted by Crippen LogP contribution is 2.31. The van der Waals surface area contributed by atoms with E-state index in [0.29, 0.717) is 0 Å². The molecule has 3 heterocycles. The van der Waals surface area contributed by atoms with Crippen LogP contribution in [0.1, 0.15) is 29.9 Å². The Balaban J connectivity index is 1.98. The largest absolute Gasteiger partial charge is 0.362 e. The van der Waals surface area contributed by atoms with E-state index in [-0.39, 0.29) is 11.9 Å². The standard InChI is InChI=1S/C15H15FN4S/c1-8-7-21-14-13(8)19-10(3)20-15(14)18-9(2)11-4-12(16)6-17-5-11/h4-7,9H,1-3H3,(H,18,19,20)/t9-/m1/s1. The van der Waals surface area contributed by atoms with Crippen molar-refractivity contribution in [2.75, 3.05) is 5.32 Å². The van der Waals surface area contributed by atoms with Crippen molar-refractivity contribution in [1.82, 2.24) is 15.0 Å². The Morgan fingerprint density at radius 2 is 2.05 bits per heavy atom. The van der Waals surface area contributed by atoms with E-state index in [1.165, 1.54) is 12.3 Å². The molecule has 0 aromatic carbocycles. The summed E-state index contributed by atoms with van der Waals surface area (Å²) in [5.74, 6) is 1.17. The van der Waals surface area contributed by atoms with Crippen LogP contribution in [0.2, 0.25) is 0 Å². The number of halogens is 1. The second-order valence-corrected chi connectivity index (χ2v) is 5.90. The first-order chi connectivity index (χ1) is 10.0. The third-order valence-electron chi connectivity index (χ3n) is 3.28. The van der Waals surface area contributed by atoms with Gasteiger partial charge in [-0.25, -0.2) is 14.4 Å². The predicted octanol–water partition coefficient (Wildman–Crippen LogP) is 4.02. The van der Waals surface area contributed by atoms with Crippen LogP contribution in [0.5, 0.6) is 0 Å². The van der Waals surface area contributed by atoms with Gasteiger partial charge in [0.05, 0.1) is 22.5 Å². The third kappa shape index (κ3) is 2.71. The molecular formula is C15H15FN4S. The van der Waals surface area contributed by atoms with Gasteiger partial charge in [-0.3, -0.25) is 4.98 Å². The van der Waals surface area contributed by atoms with E-state index in [1.807, 2.05) is 20.8 Å². The van der Waals surface area contributed by atoms with Gasteiger partial charge in [0.2, 0.25) is 0 Å². The van der Waals surface area contributed by atoms with Gasteiger partial charge in [0.1, 0.15) is 17.5 Å². The highest BCUT2D eigenvalue weighted by molar-refractivity contribution is 7.18. The lowest BCUT2D eigenvalue weighted by Gasteiger charge is -2.15. The van der Waals surface area contributed by atoms with Crippen molar-refractivity contribution in [3.05, 3.63) is 46.6 Å². The van der Waals surface area contributed by atoms with Crippen LogP contribution in [0.3, 0.4) is 0 Å². The number of fused-ring (bicyclic) bond motifs is 1. The molecule has 0 saturated carbocycles. The number of thiophene rings is 1. The minimum absolute atomic E-state index is 0.0897. The first kappa shape index (κ1) is 13.9. The molecule has 0 radical (unpaired) electrons. The van der Waals surface area contributed by atoms with Gasteiger partial charge >= 0.3 is 0 Å². The smallest absolute Gasteiger partial charge is 0.148 e. The summed E-state index contributed by atoms with van der Waals surface area (Å²) >= 11 is 1.61. The minimum atomic E-state index is -0.336. The number of aromatic nitrogens is 3. The lowest BCUT2D eigenvalue weighted by molar-refractivity contribution is 0.616. The number of nitrogens with zero attached hydrogens (tertiary/aromatic N) is 3. The number of hydrogen-bond acceptors (Lipinski definition) is 5. The van der Waals surface area contributed by atoms with Crippen molar-refractivity contribution in [2.45, 2.75) is 26.8 Å². The molecule has 3 aromatic rings. The normalized spacial score (nSPS) is 12.6. The molecule has 0 aliphatic carbocycles. The number of pyridine rings is 1. The van der Waals surface area contributed by atoms with Gasteiger partial charge in [0.25, 0.3) is 0 Å². The summed E-state index contributed by atoms with van der Waals surface area (Å²) in [6.45, 7) is 5.87. The number of hydrogen-bond donors (Lipinski definition) is 1. The van der Waals surface area contributed by atoms with E-state index in [1.54, 1.807) is 17.5 Å². The Bertz CT molecular complexity index is 799. The van der Waals surface area contributed by atoms with Crippen molar-refractivity contribution in [2.24, 2.45) is 0 Å². The van der Waals surface area contributed by atoms with Crippen LogP contribution in [0, 0.1) is 19.7 Å². The van der Waals surface area contributed by atoms with Crippen molar-refractivity contribution in [1.29, 1.82) is 0 Å². The van der Waals surface area contributed by atoms with E-state index >= 15 is 0 Å². The zero-order chi connectivity index (χ0) is 15.0. The molecule has 1 N–H and O–H groups in total. The van der Waals surface area contributed by atoms with Gasteiger partial charge in [-0.15, -0.1) is 11.3 Å². The zero-order valence-electron chi connectivity index (χ0n) is 12.0. The number of aryl methyl sites for hydroxylation is 2. The van der Waals surface area contributed by atoms with Gasteiger partial charge in [0, 0.05) is 6.20 Å². The molecule has 108 valence electrons. The maximum atomic E-state index is 13.3. The van der Waals surface area contributed by atoms with Crippen LogP contribution in [0.25, 0.3) is 10.2 Å². The Labute approximate surface area is 126 Å². The molecule has 0 aliphatic rings. The number of anilines is 1. The fourth-order valence-corrected chi connectivity index (χ4v) is 3.14. The van der Waals surface area contributed by atoms with Gasteiger partial charge in [0.15, 0.2) is 0 Å². The first-order valence-electron chi connectivity index (χ1n) is 6.64. The summed E-state index contributed by atoms with van der Waals surface area (Å²) < 4.78 is 14.3. The summed E-state index contributed by atoms with van der Waals surface area (Å²) in [6.07, 6.45) is 2.86. The summed E-state index contributed by atoms with van der Waals surface area (Å²) in [7, 11) is 0. The van der Waals surface area contributed by atoms with Crippen LogP contribution in [-0.2, 0) is 0 Å². The Morgan fingerprint density at radius 1 is 1.24 bits per heavy atom. The van der Waals surface area contributed by atoms with E-state index in [2.05, 4.69) is 25.6 Å². The van der Waals surface area contributed by atoms with E-state index in [4.69, 9.17) is 0 Å². The highest BCUT2D eigenvalue weighted by Gasteiger charge is 2.13. The molecule has 0 spiro atoms. The monoisotopic (exact) mass is 302 g/mol. The quantitative estimate of drug-likeness (QED) is 0.794. The first-order valence-corrected chi connectivity index (χ1v) is 7.52. The van der Waals surface area contributed by atoms with Crippen LogP contribution in [0.15, 0.2) is 23.8 Å². The minimum Gasteiger partial charge on any atom is -0.362 e. The maximum Gasteiger partial charge on any atom is 0.148 e. The van der Waals surface area contributed by atoms with Crippen molar-refractivity contribution in [3.8, 4) is 0 Å². The highest BCUT2D eigenvalue weighted by atomic mass is 32.1. The molecule has 6 heteroatoms. The second-order valence-electron chi connectivity index (χ2n) is 5.02. The van der Waals surface area contributed by atoms with Crippen molar-refractivity contribution in [3.63, 3.8) is 0 Å². The molecule has 1 atom stereocenters. The fraction of sp³-hybridized carbons (Fsp3) is 0.267. The van der Waals surface area contributed by atoms with E-state index in [9.17, 15) is 4.39 Å².